The Morgan fingerprint density at radius 2 is 1.88 bits per heavy atom. The van der Waals surface area contributed by atoms with Crippen LogP contribution in [0, 0.1) is 5.92 Å². The lowest BCUT2D eigenvalue weighted by Crippen LogP contribution is -2.27. The van der Waals surface area contributed by atoms with E-state index in [1.54, 1.807) is 0 Å². The van der Waals surface area contributed by atoms with E-state index >= 15 is 0 Å². The molecule has 0 fully saturated rings. The van der Waals surface area contributed by atoms with Gasteiger partial charge in [0, 0.05) is 11.1 Å². The summed E-state index contributed by atoms with van der Waals surface area (Å²) in [7, 11) is 0. The molecule has 0 radical (unpaired) electrons. The van der Waals surface area contributed by atoms with Crippen LogP contribution in [0.1, 0.15) is 32.3 Å². The Morgan fingerprint density at radius 1 is 1.16 bits per heavy atom. The van der Waals surface area contributed by atoms with Crippen LogP contribution in [-0.4, -0.2) is 18.6 Å². The summed E-state index contributed by atoms with van der Waals surface area (Å²) >= 11 is 6.05. The smallest absolute Gasteiger partial charge is 0.308 e. The molecule has 0 heterocycles. The average molecular weight is 360 g/mol. The summed E-state index contributed by atoms with van der Waals surface area (Å²) in [6.07, 6.45) is 2.40. The van der Waals surface area contributed by atoms with Crippen molar-refractivity contribution < 1.29 is 9.53 Å². The summed E-state index contributed by atoms with van der Waals surface area (Å²) < 4.78 is 5.03. The number of benzene rings is 2. The van der Waals surface area contributed by atoms with Crippen LogP contribution >= 0.6 is 11.6 Å². The summed E-state index contributed by atoms with van der Waals surface area (Å²) in [6, 6.07) is 16.3. The molecule has 134 valence electrons. The van der Waals surface area contributed by atoms with Crippen molar-refractivity contribution in [3.63, 3.8) is 0 Å². The van der Waals surface area contributed by atoms with Gasteiger partial charge in [0.25, 0.3) is 0 Å². The lowest BCUT2D eigenvalue weighted by atomic mass is 9.96. The quantitative estimate of drug-likeness (QED) is 0.685. The van der Waals surface area contributed by atoms with E-state index in [-0.39, 0.29) is 17.9 Å². The molecule has 2 aromatic carbocycles. The molecular formula is C21H26ClNO2. The van der Waals surface area contributed by atoms with Crippen molar-refractivity contribution in [2.75, 3.05) is 6.61 Å². The minimum absolute atomic E-state index is 0.00740. The fraction of sp³-hybridized carbons (Fsp3) is 0.381. The van der Waals surface area contributed by atoms with E-state index in [1.807, 2.05) is 38.1 Å². The zero-order valence-electron chi connectivity index (χ0n) is 14.9. The van der Waals surface area contributed by atoms with Gasteiger partial charge in [0.05, 0.1) is 12.5 Å². The molecule has 0 aliphatic rings. The second kappa shape index (κ2) is 9.59. The van der Waals surface area contributed by atoms with Gasteiger partial charge in [-0.1, -0.05) is 54.9 Å². The Labute approximate surface area is 155 Å². The van der Waals surface area contributed by atoms with E-state index in [0.29, 0.717) is 13.0 Å². The number of halogens is 1. The van der Waals surface area contributed by atoms with Crippen LogP contribution in [0.2, 0.25) is 5.02 Å². The van der Waals surface area contributed by atoms with Crippen LogP contribution in [0.25, 0.3) is 11.1 Å². The molecule has 0 aromatic heterocycles. The minimum Gasteiger partial charge on any atom is -0.466 e. The highest BCUT2D eigenvalue weighted by Crippen LogP contribution is 2.23. The molecule has 0 aliphatic carbocycles. The third-order valence-corrected chi connectivity index (χ3v) is 4.50. The summed E-state index contributed by atoms with van der Waals surface area (Å²) in [6.45, 7) is 4.10. The molecular weight excluding hydrogens is 334 g/mol. The summed E-state index contributed by atoms with van der Waals surface area (Å²) in [5.41, 5.74) is 9.67. The lowest BCUT2D eigenvalue weighted by molar-refractivity contribution is -0.147. The predicted octanol–water partition coefficient (Wildman–Crippen LogP) is 4.86. The molecule has 2 rings (SSSR count). The topological polar surface area (TPSA) is 52.3 Å². The first-order chi connectivity index (χ1) is 12.0. The molecule has 0 amide bonds. The third-order valence-electron chi connectivity index (χ3n) is 4.26. The van der Waals surface area contributed by atoms with Crippen LogP contribution in [0.3, 0.4) is 0 Å². The van der Waals surface area contributed by atoms with Crippen molar-refractivity contribution in [2.45, 2.75) is 39.2 Å². The monoisotopic (exact) mass is 359 g/mol. The number of ether oxygens (including phenoxy) is 1. The second-order valence-electron chi connectivity index (χ2n) is 6.39. The average Bonchev–Trinajstić information content (AvgIpc) is 2.60. The largest absolute Gasteiger partial charge is 0.466 e. The Hall–Kier alpha value is -1.84. The van der Waals surface area contributed by atoms with Gasteiger partial charge in [0.2, 0.25) is 0 Å². The molecule has 2 atom stereocenters. The first kappa shape index (κ1) is 19.5. The molecule has 2 N–H and O–H groups in total. The molecule has 0 saturated heterocycles. The molecule has 0 bridgehead atoms. The first-order valence-electron chi connectivity index (χ1n) is 8.76. The number of aryl methyl sites for hydroxylation is 1. The van der Waals surface area contributed by atoms with Crippen LogP contribution in [-0.2, 0) is 16.0 Å². The number of hydrogen-bond donors (Lipinski definition) is 1. The van der Waals surface area contributed by atoms with Gasteiger partial charge in [-0.2, -0.15) is 0 Å². The molecule has 25 heavy (non-hydrogen) atoms. The maximum Gasteiger partial charge on any atom is 0.308 e. The zero-order chi connectivity index (χ0) is 18.2. The number of rotatable bonds is 8. The zero-order valence-corrected chi connectivity index (χ0v) is 15.6. The van der Waals surface area contributed by atoms with Crippen molar-refractivity contribution in [2.24, 2.45) is 11.7 Å². The van der Waals surface area contributed by atoms with E-state index in [1.165, 1.54) is 5.56 Å². The van der Waals surface area contributed by atoms with Gasteiger partial charge in [0.15, 0.2) is 0 Å². The van der Waals surface area contributed by atoms with E-state index in [4.69, 9.17) is 22.1 Å². The van der Waals surface area contributed by atoms with E-state index in [0.717, 1.165) is 29.0 Å². The van der Waals surface area contributed by atoms with Gasteiger partial charge in [-0.3, -0.25) is 4.79 Å². The standard InChI is InChI=1S/C21H26ClNO2/c1-3-25-21(24)15(2)13-20(23)12-9-16-7-10-17(11-8-16)18-5-4-6-19(22)14-18/h4-8,10-11,14-15,20H,3,9,12-13,23H2,1-2H3/t15?,20-/m1/s1. The molecule has 1 unspecified atom stereocenters. The highest BCUT2D eigenvalue weighted by Gasteiger charge is 2.17. The SMILES string of the molecule is CCOC(=O)C(C)C[C@H](N)CCc1ccc(-c2cccc(Cl)c2)cc1. The number of carbonyl (C=O) groups is 1. The molecule has 0 spiro atoms. The van der Waals surface area contributed by atoms with E-state index in [9.17, 15) is 4.79 Å². The molecule has 4 heteroatoms. The third kappa shape index (κ3) is 6.18. The van der Waals surface area contributed by atoms with Gasteiger partial charge < -0.3 is 10.5 Å². The Balaban J connectivity index is 1.86. The summed E-state index contributed by atoms with van der Waals surface area (Å²) in [5, 5.41) is 0.739. The number of hydrogen-bond acceptors (Lipinski definition) is 3. The number of esters is 1. The highest BCUT2D eigenvalue weighted by molar-refractivity contribution is 6.30. The molecule has 0 aliphatic heterocycles. The van der Waals surface area contributed by atoms with Gasteiger partial charge >= 0.3 is 5.97 Å². The second-order valence-corrected chi connectivity index (χ2v) is 6.83. The van der Waals surface area contributed by atoms with E-state index in [2.05, 4.69) is 24.3 Å². The molecule has 0 saturated carbocycles. The first-order valence-corrected chi connectivity index (χ1v) is 9.14. The van der Waals surface area contributed by atoms with Crippen LogP contribution in [0.4, 0.5) is 0 Å². The Kier molecular flexibility index (Phi) is 7.48. The van der Waals surface area contributed by atoms with Crippen molar-refractivity contribution in [3.05, 3.63) is 59.1 Å². The van der Waals surface area contributed by atoms with Crippen molar-refractivity contribution in [3.8, 4) is 11.1 Å². The summed E-state index contributed by atoms with van der Waals surface area (Å²) in [4.78, 5) is 11.7. The van der Waals surface area contributed by atoms with Gasteiger partial charge in [-0.25, -0.2) is 0 Å². The number of nitrogens with two attached hydrogens (primary N) is 1. The van der Waals surface area contributed by atoms with Crippen LogP contribution < -0.4 is 5.73 Å². The highest BCUT2D eigenvalue weighted by atomic mass is 35.5. The van der Waals surface area contributed by atoms with Gasteiger partial charge in [0.1, 0.15) is 0 Å². The normalized spacial score (nSPS) is 13.3. The van der Waals surface area contributed by atoms with E-state index < -0.39 is 0 Å². The number of carbonyl (C=O) groups excluding carboxylic acids is 1. The van der Waals surface area contributed by atoms with Gasteiger partial charge in [-0.15, -0.1) is 0 Å². The maximum atomic E-state index is 11.7. The lowest BCUT2D eigenvalue weighted by Gasteiger charge is -2.16. The fourth-order valence-corrected chi connectivity index (χ4v) is 3.03. The van der Waals surface area contributed by atoms with Crippen LogP contribution in [0.5, 0.6) is 0 Å². The van der Waals surface area contributed by atoms with Crippen molar-refractivity contribution in [1.29, 1.82) is 0 Å². The molecule has 3 nitrogen and oxygen atoms in total. The molecule has 2 aromatic rings. The van der Waals surface area contributed by atoms with Crippen molar-refractivity contribution in [1.82, 2.24) is 0 Å². The van der Waals surface area contributed by atoms with Crippen molar-refractivity contribution >= 4 is 17.6 Å². The Bertz CT molecular complexity index is 685. The fourth-order valence-electron chi connectivity index (χ4n) is 2.84. The predicted molar refractivity (Wildman–Crippen MR) is 104 cm³/mol. The maximum absolute atomic E-state index is 11.7. The van der Waals surface area contributed by atoms with Gasteiger partial charge in [-0.05, 0) is 55.0 Å². The summed E-state index contributed by atoms with van der Waals surface area (Å²) in [5.74, 6) is -0.316. The Morgan fingerprint density at radius 3 is 2.52 bits per heavy atom. The minimum atomic E-state index is -0.163. The van der Waals surface area contributed by atoms with Crippen LogP contribution in [0.15, 0.2) is 48.5 Å².